The lowest BCUT2D eigenvalue weighted by molar-refractivity contribution is 0.0542. The summed E-state index contributed by atoms with van der Waals surface area (Å²) in [6, 6.07) is 6.72. The molecule has 0 bridgehead atoms. The Labute approximate surface area is 122 Å². The fraction of sp³-hybridized carbons (Fsp3) is 0.625. The van der Waals surface area contributed by atoms with Crippen LogP contribution in [0.15, 0.2) is 18.2 Å². The average molecular weight is 281 g/mol. The van der Waals surface area contributed by atoms with E-state index in [-0.39, 0.29) is 0 Å². The molecule has 0 saturated heterocycles. The van der Waals surface area contributed by atoms with E-state index in [1.165, 1.54) is 11.1 Å². The van der Waals surface area contributed by atoms with E-state index in [0.717, 1.165) is 12.3 Å². The molecule has 1 aromatic carbocycles. The molecule has 0 spiro atoms. The van der Waals surface area contributed by atoms with Crippen molar-refractivity contribution in [2.45, 2.75) is 33.4 Å². The highest BCUT2D eigenvalue weighted by molar-refractivity contribution is 5.36. The van der Waals surface area contributed by atoms with Gasteiger partial charge in [0.15, 0.2) is 0 Å². The lowest BCUT2D eigenvalue weighted by atomic mass is 10.1. The SMILES string of the molecule is COCCOCCOc1ccc(C)cc1CNC(C)C. The van der Waals surface area contributed by atoms with Crippen LogP contribution in [0.5, 0.6) is 5.75 Å². The highest BCUT2D eigenvalue weighted by Crippen LogP contribution is 2.20. The molecule has 1 rings (SSSR count). The Morgan fingerprint density at radius 2 is 1.85 bits per heavy atom. The zero-order valence-electron chi connectivity index (χ0n) is 13.1. The zero-order chi connectivity index (χ0) is 14.8. The molecule has 0 radical (unpaired) electrons. The molecule has 114 valence electrons. The minimum absolute atomic E-state index is 0.459. The molecule has 0 aliphatic carbocycles. The van der Waals surface area contributed by atoms with E-state index in [4.69, 9.17) is 14.2 Å². The third-order valence-electron chi connectivity index (χ3n) is 2.83. The number of hydrogen-bond donors (Lipinski definition) is 1. The third kappa shape index (κ3) is 6.89. The van der Waals surface area contributed by atoms with Crippen molar-refractivity contribution in [2.24, 2.45) is 0 Å². The van der Waals surface area contributed by atoms with Gasteiger partial charge in [-0.05, 0) is 13.0 Å². The second-order valence-corrected chi connectivity index (χ2v) is 5.10. The lowest BCUT2D eigenvalue weighted by Gasteiger charge is -2.14. The van der Waals surface area contributed by atoms with E-state index < -0.39 is 0 Å². The minimum atomic E-state index is 0.459. The van der Waals surface area contributed by atoms with E-state index in [0.29, 0.717) is 32.5 Å². The molecule has 0 heterocycles. The number of hydrogen-bond acceptors (Lipinski definition) is 4. The summed E-state index contributed by atoms with van der Waals surface area (Å²) >= 11 is 0. The van der Waals surface area contributed by atoms with E-state index in [1.54, 1.807) is 7.11 Å². The molecule has 1 N–H and O–H groups in total. The first-order valence-electron chi connectivity index (χ1n) is 7.16. The van der Waals surface area contributed by atoms with E-state index in [9.17, 15) is 0 Å². The maximum atomic E-state index is 5.80. The number of aryl methyl sites for hydroxylation is 1. The van der Waals surface area contributed by atoms with Crippen molar-refractivity contribution in [3.8, 4) is 5.75 Å². The quantitative estimate of drug-likeness (QED) is 0.669. The fourth-order valence-electron chi connectivity index (χ4n) is 1.76. The van der Waals surface area contributed by atoms with Gasteiger partial charge in [0.05, 0.1) is 19.8 Å². The summed E-state index contributed by atoms with van der Waals surface area (Å²) in [6.07, 6.45) is 0. The normalized spacial score (nSPS) is 11.1. The van der Waals surface area contributed by atoms with Gasteiger partial charge in [-0.15, -0.1) is 0 Å². The van der Waals surface area contributed by atoms with Crippen molar-refractivity contribution in [1.29, 1.82) is 0 Å². The molecule has 0 atom stereocenters. The van der Waals surface area contributed by atoms with Gasteiger partial charge in [0.25, 0.3) is 0 Å². The second kappa shape index (κ2) is 9.75. The van der Waals surface area contributed by atoms with Crippen LogP contribution >= 0.6 is 0 Å². The summed E-state index contributed by atoms with van der Waals surface area (Å²) in [5, 5.41) is 3.42. The van der Waals surface area contributed by atoms with Gasteiger partial charge in [-0.3, -0.25) is 0 Å². The van der Waals surface area contributed by atoms with Crippen LogP contribution in [-0.4, -0.2) is 39.6 Å². The highest BCUT2D eigenvalue weighted by Gasteiger charge is 2.05. The molecule has 0 aliphatic heterocycles. The summed E-state index contributed by atoms with van der Waals surface area (Å²) in [4.78, 5) is 0. The molecule has 0 unspecified atom stereocenters. The van der Waals surface area contributed by atoms with Crippen LogP contribution in [-0.2, 0) is 16.0 Å². The van der Waals surface area contributed by atoms with Crippen LogP contribution in [0.1, 0.15) is 25.0 Å². The van der Waals surface area contributed by atoms with Gasteiger partial charge in [0.2, 0.25) is 0 Å². The summed E-state index contributed by atoms with van der Waals surface area (Å²) in [5.74, 6) is 0.930. The first-order chi connectivity index (χ1) is 9.63. The van der Waals surface area contributed by atoms with Crippen molar-refractivity contribution in [3.63, 3.8) is 0 Å². The molecule has 0 aromatic heterocycles. The standard InChI is InChI=1S/C16H27NO3/c1-13(2)17-12-15-11-14(3)5-6-16(15)20-10-9-19-8-7-18-4/h5-6,11,13,17H,7-10,12H2,1-4H3. The number of methoxy groups -OCH3 is 1. The Balaban J connectivity index is 2.43. The van der Waals surface area contributed by atoms with Gasteiger partial charge < -0.3 is 19.5 Å². The van der Waals surface area contributed by atoms with Crippen LogP contribution in [0.2, 0.25) is 0 Å². The van der Waals surface area contributed by atoms with Crippen molar-refractivity contribution < 1.29 is 14.2 Å². The number of ether oxygens (including phenoxy) is 3. The lowest BCUT2D eigenvalue weighted by Crippen LogP contribution is -2.22. The topological polar surface area (TPSA) is 39.7 Å². The van der Waals surface area contributed by atoms with Crippen molar-refractivity contribution in [2.75, 3.05) is 33.5 Å². The van der Waals surface area contributed by atoms with E-state index in [1.807, 2.05) is 6.07 Å². The largest absolute Gasteiger partial charge is 0.491 e. The Kier molecular flexibility index (Phi) is 8.26. The predicted octanol–water partition coefficient (Wildman–Crippen LogP) is 2.53. The molecule has 4 heteroatoms. The van der Waals surface area contributed by atoms with Gasteiger partial charge in [-0.25, -0.2) is 0 Å². The second-order valence-electron chi connectivity index (χ2n) is 5.10. The smallest absolute Gasteiger partial charge is 0.123 e. The maximum absolute atomic E-state index is 5.80. The highest BCUT2D eigenvalue weighted by atomic mass is 16.5. The van der Waals surface area contributed by atoms with Crippen LogP contribution in [0.25, 0.3) is 0 Å². The van der Waals surface area contributed by atoms with E-state index in [2.05, 4.69) is 38.2 Å². The fourth-order valence-corrected chi connectivity index (χ4v) is 1.76. The maximum Gasteiger partial charge on any atom is 0.123 e. The van der Waals surface area contributed by atoms with Crippen LogP contribution < -0.4 is 10.1 Å². The Hall–Kier alpha value is -1.10. The minimum Gasteiger partial charge on any atom is -0.491 e. The molecule has 0 aliphatic rings. The van der Waals surface area contributed by atoms with Crippen molar-refractivity contribution in [3.05, 3.63) is 29.3 Å². The average Bonchev–Trinajstić information content (AvgIpc) is 2.42. The molecule has 0 amide bonds. The summed E-state index contributed by atoms with van der Waals surface area (Å²) in [5.41, 5.74) is 2.44. The number of benzene rings is 1. The van der Waals surface area contributed by atoms with Crippen LogP contribution in [0, 0.1) is 6.92 Å². The molecule has 0 saturated carbocycles. The molecular formula is C16H27NO3. The van der Waals surface area contributed by atoms with Crippen LogP contribution in [0.4, 0.5) is 0 Å². The summed E-state index contributed by atoms with van der Waals surface area (Å²) in [6.45, 7) is 9.55. The number of nitrogens with one attached hydrogen (secondary N) is 1. The van der Waals surface area contributed by atoms with Gasteiger partial charge in [0, 0.05) is 25.3 Å². The van der Waals surface area contributed by atoms with E-state index >= 15 is 0 Å². The van der Waals surface area contributed by atoms with Gasteiger partial charge >= 0.3 is 0 Å². The third-order valence-corrected chi connectivity index (χ3v) is 2.83. The van der Waals surface area contributed by atoms with Gasteiger partial charge in [-0.2, -0.15) is 0 Å². The Bertz CT molecular complexity index is 380. The molecule has 1 aromatic rings. The zero-order valence-corrected chi connectivity index (χ0v) is 13.1. The van der Waals surface area contributed by atoms with Crippen LogP contribution in [0.3, 0.4) is 0 Å². The Morgan fingerprint density at radius 3 is 2.55 bits per heavy atom. The van der Waals surface area contributed by atoms with Gasteiger partial charge in [0.1, 0.15) is 12.4 Å². The van der Waals surface area contributed by atoms with Crippen molar-refractivity contribution >= 4 is 0 Å². The summed E-state index contributed by atoms with van der Waals surface area (Å²) in [7, 11) is 1.67. The first-order valence-corrected chi connectivity index (χ1v) is 7.16. The molecule has 4 nitrogen and oxygen atoms in total. The first kappa shape index (κ1) is 17.0. The monoisotopic (exact) mass is 281 g/mol. The predicted molar refractivity (Wildman–Crippen MR) is 81.3 cm³/mol. The molecule has 0 fully saturated rings. The molecular weight excluding hydrogens is 254 g/mol. The van der Waals surface area contributed by atoms with Crippen molar-refractivity contribution in [1.82, 2.24) is 5.32 Å². The summed E-state index contributed by atoms with van der Waals surface area (Å²) < 4.78 is 16.1. The number of rotatable bonds is 10. The van der Waals surface area contributed by atoms with Gasteiger partial charge in [-0.1, -0.05) is 31.5 Å². The molecule has 20 heavy (non-hydrogen) atoms. The Morgan fingerprint density at radius 1 is 1.10 bits per heavy atom.